The van der Waals surface area contributed by atoms with E-state index in [9.17, 15) is 4.79 Å². The van der Waals surface area contributed by atoms with E-state index in [1.165, 1.54) is 0 Å². The fraction of sp³-hybridized carbons (Fsp3) is 0.462. The quantitative estimate of drug-likeness (QED) is 0.898. The molecule has 0 unspecified atom stereocenters. The third-order valence-electron chi connectivity index (χ3n) is 2.97. The van der Waals surface area contributed by atoms with E-state index in [4.69, 9.17) is 16.3 Å². The lowest BCUT2D eigenvalue weighted by Gasteiger charge is -2.21. The third-order valence-corrected chi connectivity index (χ3v) is 3.22. The van der Waals surface area contributed by atoms with E-state index in [2.05, 4.69) is 5.32 Å². The average molecular weight is 254 g/mol. The fourth-order valence-corrected chi connectivity index (χ4v) is 2.02. The summed E-state index contributed by atoms with van der Waals surface area (Å²) in [6.45, 7) is 1.95. The van der Waals surface area contributed by atoms with Crippen molar-refractivity contribution in [3.05, 3.63) is 34.9 Å². The van der Waals surface area contributed by atoms with Crippen LogP contribution in [0, 0.1) is 5.92 Å². The van der Waals surface area contributed by atoms with Crippen LogP contribution in [-0.2, 0) is 16.1 Å². The SMILES string of the molecule is O=C(NCc1ccc(Cl)cc1)C1CCOCC1. The van der Waals surface area contributed by atoms with Crippen LogP contribution in [-0.4, -0.2) is 19.1 Å². The standard InChI is InChI=1S/C13H16ClNO2/c14-12-3-1-10(2-4-12)9-15-13(16)11-5-7-17-8-6-11/h1-4,11H,5-9H2,(H,15,16). The van der Waals surface area contributed by atoms with Crippen LogP contribution in [0.2, 0.25) is 5.02 Å². The van der Waals surface area contributed by atoms with Crippen molar-refractivity contribution in [2.45, 2.75) is 19.4 Å². The lowest BCUT2D eigenvalue weighted by Crippen LogP contribution is -2.33. The number of hydrogen-bond acceptors (Lipinski definition) is 2. The van der Waals surface area contributed by atoms with Gasteiger partial charge in [-0.25, -0.2) is 0 Å². The smallest absolute Gasteiger partial charge is 0.223 e. The summed E-state index contributed by atoms with van der Waals surface area (Å²) in [5.74, 6) is 0.235. The molecule has 0 saturated carbocycles. The first-order chi connectivity index (χ1) is 8.25. The van der Waals surface area contributed by atoms with Crippen LogP contribution in [0.3, 0.4) is 0 Å². The first-order valence-electron chi connectivity index (χ1n) is 5.85. The second kappa shape index (κ2) is 6.03. The molecule has 0 aliphatic carbocycles. The summed E-state index contributed by atoms with van der Waals surface area (Å²) in [6.07, 6.45) is 1.65. The summed E-state index contributed by atoms with van der Waals surface area (Å²) < 4.78 is 5.23. The summed E-state index contributed by atoms with van der Waals surface area (Å²) in [4.78, 5) is 11.8. The van der Waals surface area contributed by atoms with Crippen LogP contribution in [0.15, 0.2) is 24.3 Å². The van der Waals surface area contributed by atoms with Crippen molar-refractivity contribution < 1.29 is 9.53 Å². The minimum absolute atomic E-state index is 0.107. The Morgan fingerprint density at radius 2 is 1.94 bits per heavy atom. The maximum Gasteiger partial charge on any atom is 0.223 e. The van der Waals surface area contributed by atoms with E-state index >= 15 is 0 Å². The number of benzene rings is 1. The van der Waals surface area contributed by atoms with Crippen LogP contribution in [0.5, 0.6) is 0 Å². The highest BCUT2D eigenvalue weighted by molar-refractivity contribution is 6.30. The lowest BCUT2D eigenvalue weighted by molar-refractivity contribution is -0.128. The zero-order valence-corrected chi connectivity index (χ0v) is 10.4. The van der Waals surface area contributed by atoms with Gasteiger partial charge >= 0.3 is 0 Å². The maximum atomic E-state index is 11.8. The van der Waals surface area contributed by atoms with Gasteiger partial charge in [0.15, 0.2) is 0 Å². The number of ether oxygens (including phenoxy) is 1. The molecule has 1 aromatic carbocycles. The number of carbonyl (C=O) groups is 1. The maximum absolute atomic E-state index is 11.8. The number of rotatable bonds is 3. The van der Waals surface area contributed by atoms with Crippen LogP contribution in [0.25, 0.3) is 0 Å². The third kappa shape index (κ3) is 3.72. The Balaban J connectivity index is 1.81. The van der Waals surface area contributed by atoms with Gasteiger partial charge in [-0.3, -0.25) is 4.79 Å². The van der Waals surface area contributed by atoms with Crippen LogP contribution >= 0.6 is 11.6 Å². The van der Waals surface area contributed by atoms with E-state index in [0.717, 1.165) is 18.4 Å². The Hall–Kier alpha value is -1.06. The van der Waals surface area contributed by atoms with Crippen molar-refractivity contribution in [1.82, 2.24) is 5.32 Å². The van der Waals surface area contributed by atoms with Gasteiger partial charge < -0.3 is 10.1 Å². The Morgan fingerprint density at radius 3 is 2.59 bits per heavy atom. The number of halogens is 1. The highest BCUT2D eigenvalue weighted by atomic mass is 35.5. The first-order valence-corrected chi connectivity index (χ1v) is 6.23. The van der Waals surface area contributed by atoms with Gasteiger partial charge in [-0.15, -0.1) is 0 Å². The fourth-order valence-electron chi connectivity index (χ4n) is 1.90. The summed E-state index contributed by atoms with van der Waals surface area (Å²) in [7, 11) is 0. The topological polar surface area (TPSA) is 38.3 Å². The largest absolute Gasteiger partial charge is 0.381 e. The molecule has 1 saturated heterocycles. The first kappa shape index (κ1) is 12.4. The van der Waals surface area contributed by atoms with Crippen LogP contribution < -0.4 is 5.32 Å². The second-order valence-corrected chi connectivity index (χ2v) is 4.67. The number of carbonyl (C=O) groups excluding carboxylic acids is 1. The molecule has 1 aliphatic rings. The molecule has 1 aromatic rings. The van der Waals surface area contributed by atoms with Crippen LogP contribution in [0.4, 0.5) is 0 Å². The Kier molecular flexibility index (Phi) is 4.40. The molecule has 1 aliphatic heterocycles. The number of hydrogen-bond donors (Lipinski definition) is 1. The molecule has 4 heteroatoms. The van der Waals surface area contributed by atoms with E-state index < -0.39 is 0 Å². The zero-order valence-electron chi connectivity index (χ0n) is 9.62. The monoisotopic (exact) mass is 253 g/mol. The highest BCUT2D eigenvalue weighted by Crippen LogP contribution is 2.15. The molecule has 1 heterocycles. The number of amides is 1. The summed E-state index contributed by atoms with van der Waals surface area (Å²) in [5, 5.41) is 3.66. The molecule has 2 rings (SSSR count). The van der Waals surface area contributed by atoms with Crippen molar-refractivity contribution in [3.63, 3.8) is 0 Å². The van der Waals surface area contributed by atoms with E-state index in [-0.39, 0.29) is 11.8 Å². The molecule has 0 spiro atoms. The van der Waals surface area contributed by atoms with Gasteiger partial charge in [0, 0.05) is 30.7 Å². The molecular weight excluding hydrogens is 238 g/mol. The molecule has 1 fully saturated rings. The van der Waals surface area contributed by atoms with Crippen molar-refractivity contribution in [2.75, 3.05) is 13.2 Å². The van der Waals surface area contributed by atoms with E-state index in [1.807, 2.05) is 24.3 Å². The molecule has 0 bridgehead atoms. The molecule has 17 heavy (non-hydrogen) atoms. The van der Waals surface area contributed by atoms with Crippen molar-refractivity contribution >= 4 is 17.5 Å². The van der Waals surface area contributed by atoms with Gasteiger partial charge in [0.05, 0.1) is 0 Å². The van der Waals surface area contributed by atoms with E-state index in [1.54, 1.807) is 0 Å². The molecule has 1 N–H and O–H groups in total. The van der Waals surface area contributed by atoms with Crippen LogP contribution in [0.1, 0.15) is 18.4 Å². The summed E-state index contributed by atoms with van der Waals surface area (Å²) in [5.41, 5.74) is 1.06. The Morgan fingerprint density at radius 1 is 1.29 bits per heavy atom. The summed E-state index contributed by atoms with van der Waals surface area (Å²) >= 11 is 5.79. The average Bonchev–Trinajstić information content (AvgIpc) is 2.39. The summed E-state index contributed by atoms with van der Waals surface area (Å²) in [6, 6.07) is 7.51. The van der Waals surface area contributed by atoms with Crippen molar-refractivity contribution in [3.8, 4) is 0 Å². The van der Waals surface area contributed by atoms with E-state index in [0.29, 0.717) is 24.8 Å². The van der Waals surface area contributed by atoms with Gasteiger partial charge in [-0.1, -0.05) is 23.7 Å². The molecule has 92 valence electrons. The zero-order chi connectivity index (χ0) is 12.1. The molecule has 0 atom stereocenters. The van der Waals surface area contributed by atoms with Gasteiger partial charge in [0.2, 0.25) is 5.91 Å². The van der Waals surface area contributed by atoms with Gasteiger partial charge in [-0.05, 0) is 30.5 Å². The predicted octanol–water partition coefficient (Wildman–Crippen LogP) is 2.38. The van der Waals surface area contributed by atoms with Crippen molar-refractivity contribution in [2.24, 2.45) is 5.92 Å². The molecular formula is C13H16ClNO2. The molecule has 1 amide bonds. The Bertz CT molecular complexity index is 372. The van der Waals surface area contributed by atoms with Crippen molar-refractivity contribution in [1.29, 1.82) is 0 Å². The number of nitrogens with one attached hydrogen (secondary N) is 1. The normalized spacial score (nSPS) is 16.8. The second-order valence-electron chi connectivity index (χ2n) is 4.23. The minimum Gasteiger partial charge on any atom is -0.381 e. The van der Waals surface area contributed by atoms with Gasteiger partial charge in [0.1, 0.15) is 0 Å². The molecule has 3 nitrogen and oxygen atoms in total. The minimum atomic E-state index is 0.107. The lowest BCUT2D eigenvalue weighted by atomic mass is 9.99. The highest BCUT2D eigenvalue weighted by Gasteiger charge is 2.20. The Labute approximate surface area is 106 Å². The van der Waals surface area contributed by atoms with Gasteiger partial charge in [0.25, 0.3) is 0 Å². The molecule has 0 radical (unpaired) electrons. The predicted molar refractivity (Wildman–Crippen MR) is 66.8 cm³/mol. The van der Waals surface area contributed by atoms with Gasteiger partial charge in [-0.2, -0.15) is 0 Å². The molecule has 0 aromatic heterocycles.